The Morgan fingerprint density at radius 1 is 1.21 bits per heavy atom. The first-order valence-electron chi connectivity index (χ1n) is 8.88. The Kier molecular flexibility index (Phi) is 4.65. The Bertz CT molecular complexity index is 641. The molecule has 5 nitrogen and oxygen atoms in total. The maximum absolute atomic E-state index is 10.3. The molecule has 128 valence electrons. The van der Waals surface area contributed by atoms with Gasteiger partial charge in [0.25, 0.3) is 0 Å². The Morgan fingerprint density at radius 2 is 2.08 bits per heavy atom. The lowest BCUT2D eigenvalue weighted by Gasteiger charge is -2.37. The molecule has 24 heavy (non-hydrogen) atoms. The second kappa shape index (κ2) is 7.05. The van der Waals surface area contributed by atoms with E-state index in [2.05, 4.69) is 34.1 Å². The average Bonchev–Trinajstić information content (AvgIpc) is 3.28. The zero-order chi connectivity index (χ0) is 16.4. The van der Waals surface area contributed by atoms with E-state index in [-0.39, 0.29) is 12.0 Å². The monoisotopic (exact) mass is 327 g/mol. The number of likely N-dealkylation sites (tertiary alicyclic amines) is 1. The topological polar surface area (TPSA) is 50.5 Å². The van der Waals surface area contributed by atoms with Crippen molar-refractivity contribution >= 4 is 0 Å². The smallest absolute Gasteiger partial charge is 0.0991 e. The minimum atomic E-state index is -0.215. The highest BCUT2D eigenvalue weighted by atomic mass is 16.5. The zero-order valence-corrected chi connectivity index (χ0v) is 13.9. The molecule has 3 atom stereocenters. The lowest BCUT2D eigenvalue weighted by atomic mass is 9.89. The largest absolute Gasteiger partial charge is 0.393 e. The number of hydrogen-bond acceptors (Lipinski definition) is 4. The summed E-state index contributed by atoms with van der Waals surface area (Å²) in [6.07, 6.45) is 8.49. The van der Waals surface area contributed by atoms with Crippen molar-refractivity contribution in [2.24, 2.45) is 5.92 Å². The van der Waals surface area contributed by atoms with Crippen LogP contribution in [0.15, 0.2) is 43.0 Å². The fourth-order valence-electron chi connectivity index (χ4n) is 4.07. The van der Waals surface area contributed by atoms with Gasteiger partial charge in [0.2, 0.25) is 0 Å². The molecule has 3 heterocycles. The van der Waals surface area contributed by atoms with Crippen molar-refractivity contribution in [3.63, 3.8) is 0 Å². The van der Waals surface area contributed by atoms with Crippen molar-refractivity contribution in [1.29, 1.82) is 0 Å². The molecule has 5 heteroatoms. The molecule has 1 aromatic carbocycles. The Hall–Kier alpha value is -1.69. The van der Waals surface area contributed by atoms with Crippen molar-refractivity contribution < 1.29 is 9.84 Å². The maximum Gasteiger partial charge on any atom is 0.0991 e. The molecule has 2 aliphatic rings. The number of aromatic nitrogens is 2. The van der Waals surface area contributed by atoms with E-state index in [1.807, 2.05) is 17.1 Å². The van der Waals surface area contributed by atoms with Gasteiger partial charge in [0.15, 0.2) is 0 Å². The van der Waals surface area contributed by atoms with Crippen LogP contribution in [0.1, 0.15) is 24.8 Å². The van der Waals surface area contributed by atoms with E-state index in [0.29, 0.717) is 19.3 Å². The van der Waals surface area contributed by atoms with Gasteiger partial charge in [0, 0.05) is 43.2 Å². The van der Waals surface area contributed by atoms with Crippen molar-refractivity contribution in [2.45, 2.75) is 38.0 Å². The fourth-order valence-corrected chi connectivity index (χ4v) is 4.07. The predicted molar refractivity (Wildman–Crippen MR) is 91.9 cm³/mol. The fraction of sp³-hybridized carbons (Fsp3) is 0.526. The number of nitrogens with zero attached hydrogens (tertiary/aromatic N) is 3. The molecular weight excluding hydrogens is 302 g/mol. The van der Waals surface area contributed by atoms with Crippen LogP contribution in [-0.2, 0) is 11.3 Å². The third kappa shape index (κ3) is 3.24. The first kappa shape index (κ1) is 15.8. The van der Waals surface area contributed by atoms with Gasteiger partial charge in [0.05, 0.1) is 19.0 Å². The molecule has 2 saturated heterocycles. The molecule has 1 aromatic heterocycles. The van der Waals surface area contributed by atoms with Crippen LogP contribution in [0.3, 0.4) is 0 Å². The van der Waals surface area contributed by atoms with Crippen molar-refractivity contribution in [3.05, 3.63) is 48.5 Å². The molecule has 3 unspecified atom stereocenters. The molecule has 2 fully saturated rings. The maximum atomic E-state index is 10.3. The predicted octanol–water partition coefficient (Wildman–Crippen LogP) is 2.23. The molecule has 4 rings (SSSR count). The second-order valence-electron chi connectivity index (χ2n) is 6.91. The van der Waals surface area contributed by atoms with Crippen LogP contribution in [-0.4, -0.2) is 51.5 Å². The van der Waals surface area contributed by atoms with Gasteiger partial charge in [-0.15, -0.1) is 0 Å². The molecule has 0 spiro atoms. The number of benzene rings is 1. The summed E-state index contributed by atoms with van der Waals surface area (Å²) in [5.41, 5.74) is 2.45. The lowest BCUT2D eigenvalue weighted by molar-refractivity contribution is -0.0636. The molecule has 2 aromatic rings. The summed E-state index contributed by atoms with van der Waals surface area (Å²) in [6.45, 7) is 3.44. The number of ether oxygens (including phenoxy) is 1. The van der Waals surface area contributed by atoms with Crippen LogP contribution in [0.2, 0.25) is 0 Å². The van der Waals surface area contributed by atoms with Crippen molar-refractivity contribution in [1.82, 2.24) is 14.5 Å². The Balaban J connectivity index is 1.44. The third-order valence-corrected chi connectivity index (χ3v) is 5.40. The van der Waals surface area contributed by atoms with Gasteiger partial charge in [-0.2, -0.15) is 0 Å². The molecule has 2 aliphatic heterocycles. The molecule has 0 bridgehead atoms. The van der Waals surface area contributed by atoms with Crippen LogP contribution in [0, 0.1) is 5.92 Å². The summed E-state index contributed by atoms with van der Waals surface area (Å²) in [4.78, 5) is 6.61. The summed E-state index contributed by atoms with van der Waals surface area (Å²) >= 11 is 0. The number of rotatable bonds is 4. The first-order chi connectivity index (χ1) is 11.8. The van der Waals surface area contributed by atoms with E-state index >= 15 is 0 Å². The lowest BCUT2D eigenvalue weighted by Crippen LogP contribution is -2.45. The standard InChI is InChI=1S/C19H25N3O2/c23-19-7-11-24-13-17(19)18-2-1-9-21(18)12-15-3-5-16(6-4-15)22-10-8-20-14-22/h3-6,8,10,14,17-19,23H,1-2,7,9,11-13H2. The number of aliphatic hydroxyl groups is 1. The van der Waals surface area contributed by atoms with Crippen molar-refractivity contribution in [3.8, 4) is 5.69 Å². The van der Waals surface area contributed by atoms with Gasteiger partial charge in [-0.05, 0) is 43.5 Å². The first-order valence-corrected chi connectivity index (χ1v) is 8.88. The molecule has 0 aliphatic carbocycles. The quantitative estimate of drug-likeness (QED) is 0.936. The highest BCUT2D eigenvalue weighted by Gasteiger charge is 2.37. The molecule has 0 radical (unpaired) electrons. The third-order valence-electron chi connectivity index (χ3n) is 5.40. The second-order valence-corrected chi connectivity index (χ2v) is 6.91. The number of aliphatic hydroxyl groups excluding tert-OH is 1. The van der Waals surface area contributed by atoms with Gasteiger partial charge < -0.3 is 14.4 Å². The van der Waals surface area contributed by atoms with E-state index in [0.717, 1.165) is 31.6 Å². The minimum Gasteiger partial charge on any atom is -0.393 e. The molecule has 1 N–H and O–H groups in total. The Morgan fingerprint density at radius 3 is 2.83 bits per heavy atom. The van der Waals surface area contributed by atoms with E-state index in [4.69, 9.17) is 4.74 Å². The van der Waals surface area contributed by atoms with Gasteiger partial charge >= 0.3 is 0 Å². The van der Waals surface area contributed by atoms with Crippen LogP contribution in [0.4, 0.5) is 0 Å². The van der Waals surface area contributed by atoms with Crippen LogP contribution < -0.4 is 0 Å². The Labute approximate surface area is 142 Å². The molecule has 0 saturated carbocycles. The van der Waals surface area contributed by atoms with Crippen LogP contribution in [0.5, 0.6) is 0 Å². The van der Waals surface area contributed by atoms with E-state index < -0.39 is 0 Å². The molecular formula is C19H25N3O2. The minimum absolute atomic E-state index is 0.215. The van der Waals surface area contributed by atoms with E-state index in [1.165, 1.54) is 12.0 Å². The van der Waals surface area contributed by atoms with Gasteiger partial charge in [0.1, 0.15) is 0 Å². The van der Waals surface area contributed by atoms with Crippen LogP contribution >= 0.6 is 0 Å². The normalized spacial score (nSPS) is 28.3. The number of imidazole rings is 1. The summed E-state index contributed by atoms with van der Waals surface area (Å²) in [5, 5.41) is 10.3. The summed E-state index contributed by atoms with van der Waals surface area (Å²) in [5.74, 6) is 0.256. The SMILES string of the molecule is OC1CCOCC1C1CCCN1Cc1ccc(-n2ccnc2)cc1. The summed E-state index contributed by atoms with van der Waals surface area (Å²) in [6, 6.07) is 9.10. The summed E-state index contributed by atoms with van der Waals surface area (Å²) in [7, 11) is 0. The zero-order valence-electron chi connectivity index (χ0n) is 13.9. The van der Waals surface area contributed by atoms with Gasteiger partial charge in [-0.25, -0.2) is 4.98 Å². The van der Waals surface area contributed by atoms with E-state index in [9.17, 15) is 5.11 Å². The van der Waals surface area contributed by atoms with Crippen molar-refractivity contribution in [2.75, 3.05) is 19.8 Å². The van der Waals surface area contributed by atoms with Gasteiger partial charge in [-0.1, -0.05) is 12.1 Å². The summed E-state index contributed by atoms with van der Waals surface area (Å²) < 4.78 is 7.64. The average molecular weight is 327 g/mol. The van der Waals surface area contributed by atoms with Crippen LogP contribution in [0.25, 0.3) is 5.69 Å². The van der Waals surface area contributed by atoms with E-state index in [1.54, 1.807) is 6.20 Å². The highest BCUT2D eigenvalue weighted by Crippen LogP contribution is 2.31. The van der Waals surface area contributed by atoms with Gasteiger partial charge in [-0.3, -0.25) is 4.90 Å². The molecule has 0 amide bonds. The highest BCUT2D eigenvalue weighted by molar-refractivity contribution is 5.34. The number of hydrogen-bond donors (Lipinski definition) is 1.